The monoisotopic (exact) mass is 599 g/mol. The van der Waals surface area contributed by atoms with E-state index in [0.29, 0.717) is 22.6 Å². The maximum atomic E-state index is 13.8. The van der Waals surface area contributed by atoms with Crippen LogP contribution in [0.2, 0.25) is 5.02 Å². The highest BCUT2D eigenvalue weighted by atomic mass is 35.5. The van der Waals surface area contributed by atoms with Gasteiger partial charge in [0, 0.05) is 23.2 Å². The zero-order chi connectivity index (χ0) is 28.4. The van der Waals surface area contributed by atoms with Crippen molar-refractivity contribution in [2.24, 2.45) is 0 Å². The first-order chi connectivity index (χ1) is 18.4. The van der Waals surface area contributed by atoms with E-state index >= 15 is 0 Å². The van der Waals surface area contributed by atoms with Crippen molar-refractivity contribution >= 4 is 38.3 Å². The van der Waals surface area contributed by atoms with E-state index in [9.17, 15) is 21.6 Å². The van der Waals surface area contributed by atoms with E-state index in [0.717, 1.165) is 34.0 Å². The van der Waals surface area contributed by atoms with Crippen LogP contribution < -0.4 is 18.5 Å². The van der Waals surface area contributed by atoms with Crippen molar-refractivity contribution in [3.8, 4) is 23.0 Å². The molecule has 0 radical (unpaired) electrons. The smallest absolute Gasteiger partial charge is 0.416 e. The molecular weight excluding hydrogens is 579 g/mol. The van der Waals surface area contributed by atoms with Gasteiger partial charge in [-0.2, -0.15) is 17.5 Å². The highest BCUT2D eigenvalue weighted by Gasteiger charge is 2.32. The van der Waals surface area contributed by atoms with Gasteiger partial charge >= 0.3 is 6.18 Å². The Morgan fingerprint density at radius 2 is 1.74 bits per heavy atom. The molecule has 206 valence electrons. The summed E-state index contributed by atoms with van der Waals surface area (Å²) in [6.45, 7) is 1.35. The third kappa shape index (κ3) is 6.37. The molecule has 0 saturated heterocycles. The maximum Gasteiger partial charge on any atom is 0.416 e. The van der Waals surface area contributed by atoms with Crippen LogP contribution in [-0.4, -0.2) is 32.0 Å². The topological polar surface area (TPSA) is 90.9 Å². The molecule has 0 amide bonds. The van der Waals surface area contributed by atoms with Gasteiger partial charge in [-0.25, -0.2) is 17.7 Å². The molecular formula is C25H21ClF3N3O5S2. The van der Waals surface area contributed by atoms with Gasteiger partial charge in [-0.15, -0.1) is 0 Å². The van der Waals surface area contributed by atoms with Crippen LogP contribution in [-0.2, 0) is 22.7 Å². The number of nitrogens with zero attached hydrogens (tertiary/aromatic N) is 3. The van der Waals surface area contributed by atoms with Crippen LogP contribution in [0.3, 0.4) is 0 Å². The van der Waals surface area contributed by atoms with E-state index in [4.69, 9.17) is 25.8 Å². The predicted octanol–water partition coefficient (Wildman–Crippen LogP) is 6.72. The molecule has 0 unspecified atom stereocenters. The fourth-order valence-electron chi connectivity index (χ4n) is 3.62. The second-order valence-corrected chi connectivity index (χ2v) is 11.2. The first-order valence-electron chi connectivity index (χ1n) is 11.1. The molecule has 0 bridgehead atoms. The van der Waals surface area contributed by atoms with E-state index in [1.54, 1.807) is 18.2 Å². The number of alkyl halides is 3. The molecule has 8 nitrogen and oxygen atoms in total. The second kappa shape index (κ2) is 11.3. The van der Waals surface area contributed by atoms with Gasteiger partial charge in [-0.3, -0.25) is 0 Å². The van der Waals surface area contributed by atoms with E-state index < -0.39 is 21.8 Å². The van der Waals surface area contributed by atoms with Crippen LogP contribution in [0.4, 0.5) is 18.3 Å². The number of hydrogen-bond donors (Lipinski definition) is 0. The highest BCUT2D eigenvalue weighted by molar-refractivity contribution is 7.93. The number of halogens is 4. The minimum atomic E-state index is -4.56. The summed E-state index contributed by atoms with van der Waals surface area (Å²) < 4.78 is 88.3. The quantitative estimate of drug-likeness (QED) is 0.211. The standard InChI is InChI=1S/C25H21ClF3N3O5S2/c1-15-8-17(25(27,28)29)10-19(9-15)37-22-7-6-20(12-21(22)26)39(33,34)32(24-30-14-31-38-24)13-16-4-5-18(35-2)11-23(16)36-3/h4-12,14H,13H2,1-3H3. The summed E-state index contributed by atoms with van der Waals surface area (Å²) in [5.41, 5.74) is -0.0191. The first-order valence-corrected chi connectivity index (χ1v) is 13.7. The lowest BCUT2D eigenvalue weighted by molar-refractivity contribution is -0.137. The number of aromatic nitrogens is 2. The van der Waals surface area contributed by atoms with E-state index in [1.165, 1.54) is 45.7 Å². The fourth-order valence-corrected chi connectivity index (χ4v) is 6.06. The maximum absolute atomic E-state index is 13.8. The van der Waals surface area contributed by atoms with Crippen molar-refractivity contribution in [2.75, 3.05) is 18.5 Å². The third-order valence-electron chi connectivity index (χ3n) is 5.47. The number of benzene rings is 3. The average molecular weight is 600 g/mol. The number of aryl methyl sites for hydroxylation is 1. The van der Waals surface area contributed by atoms with Crippen molar-refractivity contribution in [1.29, 1.82) is 0 Å². The van der Waals surface area contributed by atoms with Crippen molar-refractivity contribution in [2.45, 2.75) is 24.5 Å². The molecule has 1 aromatic heterocycles. The van der Waals surface area contributed by atoms with Crippen LogP contribution >= 0.6 is 23.1 Å². The molecule has 39 heavy (non-hydrogen) atoms. The largest absolute Gasteiger partial charge is 0.497 e. The number of hydrogen-bond acceptors (Lipinski definition) is 8. The fraction of sp³-hybridized carbons (Fsp3) is 0.200. The number of sulfonamides is 1. The molecule has 4 aromatic rings. The molecule has 0 aliphatic carbocycles. The van der Waals surface area contributed by atoms with Gasteiger partial charge in [0.05, 0.1) is 36.2 Å². The van der Waals surface area contributed by atoms with Gasteiger partial charge < -0.3 is 14.2 Å². The number of ether oxygens (including phenoxy) is 3. The summed E-state index contributed by atoms with van der Waals surface area (Å²) in [7, 11) is -1.29. The summed E-state index contributed by atoms with van der Waals surface area (Å²) in [6, 6.07) is 11.9. The van der Waals surface area contributed by atoms with E-state index in [-0.39, 0.29) is 33.1 Å². The Labute approximate surface area is 231 Å². The van der Waals surface area contributed by atoms with Gasteiger partial charge in [-0.05, 0) is 61.0 Å². The van der Waals surface area contributed by atoms with Crippen molar-refractivity contribution in [3.05, 3.63) is 82.6 Å². The van der Waals surface area contributed by atoms with Crippen LogP contribution in [0, 0.1) is 6.92 Å². The molecule has 1 heterocycles. The molecule has 0 aliphatic rings. The lowest BCUT2D eigenvalue weighted by atomic mass is 10.1. The Hall–Kier alpha value is -3.55. The van der Waals surface area contributed by atoms with Gasteiger partial charge in [0.1, 0.15) is 29.3 Å². The van der Waals surface area contributed by atoms with E-state index in [2.05, 4.69) is 9.36 Å². The zero-order valence-corrected chi connectivity index (χ0v) is 23.1. The Kier molecular flexibility index (Phi) is 8.23. The molecule has 0 saturated carbocycles. The van der Waals surface area contributed by atoms with Crippen LogP contribution in [0.25, 0.3) is 0 Å². The molecule has 0 N–H and O–H groups in total. The molecule has 0 atom stereocenters. The van der Waals surface area contributed by atoms with Gasteiger partial charge in [0.15, 0.2) is 0 Å². The minimum absolute atomic E-state index is 0.0198. The number of methoxy groups -OCH3 is 2. The normalized spacial score (nSPS) is 11.8. The number of rotatable bonds is 9. The molecule has 14 heteroatoms. The molecule has 0 fully saturated rings. The Balaban J connectivity index is 1.68. The van der Waals surface area contributed by atoms with Crippen LogP contribution in [0.5, 0.6) is 23.0 Å². The summed E-state index contributed by atoms with van der Waals surface area (Å²) in [6.07, 6.45) is -3.33. The summed E-state index contributed by atoms with van der Waals surface area (Å²) in [4.78, 5) is 3.87. The predicted molar refractivity (Wildman–Crippen MR) is 141 cm³/mol. The van der Waals surface area contributed by atoms with Crippen molar-refractivity contribution in [3.63, 3.8) is 0 Å². The lowest BCUT2D eigenvalue weighted by Crippen LogP contribution is -2.30. The average Bonchev–Trinajstić information content (AvgIpc) is 3.42. The molecule has 3 aromatic carbocycles. The van der Waals surface area contributed by atoms with Crippen LogP contribution in [0.1, 0.15) is 16.7 Å². The van der Waals surface area contributed by atoms with Crippen LogP contribution in [0.15, 0.2) is 65.8 Å². The summed E-state index contributed by atoms with van der Waals surface area (Å²) in [5.74, 6) is 0.812. The lowest BCUT2D eigenvalue weighted by Gasteiger charge is -2.23. The van der Waals surface area contributed by atoms with Crippen molar-refractivity contribution in [1.82, 2.24) is 9.36 Å². The van der Waals surface area contributed by atoms with Crippen molar-refractivity contribution < 1.29 is 35.8 Å². The minimum Gasteiger partial charge on any atom is -0.497 e. The first kappa shape index (κ1) is 28.5. The molecule has 4 rings (SSSR count). The highest BCUT2D eigenvalue weighted by Crippen LogP contribution is 2.38. The number of anilines is 1. The van der Waals surface area contributed by atoms with Gasteiger partial charge in [-0.1, -0.05) is 11.6 Å². The van der Waals surface area contributed by atoms with Gasteiger partial charge in [0.2, 0.25) is 5.13 Å². The van der Waals surface area contributed by atoms with E-state index in [1.807, 2.05) is 0 Å². The summed E-state index contributed by atoms with van der Waals surface area (Å²) in [5, 5.41) is -0.0193. The zero-order valence-electron chi connectivity index (χ0n) is 20.7. The SMILES string of the molecule is COc1ccc(CN(c2ncns2)S(=O)(=O)c2ccc(Oc3cc(C)cc(C(F)(F)F)c3)c(Cl)c2)c(OC)c1. The Morgan fingerprint density at radius 1 is 0.974 bits per heavy atom. The molecule has 0 aliphatic heterocycles. The third-order valence-corrected chi connectivity index (χ3v) is 8.30. The summed E-state index contributed by atoms with van der Waals surface area (Å²) >= 11 is 7.21. The second-order valence-electron chi connectivity index (χ2n) is 8.14. The van der Waals surface area contributed by atoms with Gasteiger partial charge in [0.25, 0.3) is 10.0 Å². The Bertz CT molecular complexity index is 1580. The molecule has 0 spiro atoms. The Morgan fingerprint density at radius 3 is 2.36 bits per heavy atom.